The van der Waals surface area contributed by atoms with Crippen LogP contribution in [0.25, 0.3) is 94.5 Å². The van der Waals surface area contributed by atoms with Crippen LogP contribution in [0.4, 0.5) is 0 Å². The molecule has 0 saturated heterocycles. The van der Waals surface area contributed by atoms with Crippen LogP contribution < -0.4 is 10.6 Å². The van der Waals surface area contributed by atoms with Crippen molar-refractivity contribution < 1.29 is 4.42 Å². The number of benzene rings is 6. The lowest BCUT2D eigenvalue weighted by Gasteiger charge is -2.14. The number of nitrogens with zero attached hydrogens (tertiary/aromatic N) is 2. The summed E-state index contributed by atoms with van der Waals surface area (Å²) < 4.78 is 11.5. The molecule has 0 bridgehead atoms. The van der Waals surface area contributed by atoms with Crippen LogP contribution in [0, 0.1) is 5.92 Å². The van der Waals surface area contributed by atoms with Crippen molar-refractivity contribution in [1.29, 1.82) is 0 Å². The van der Waals surface area contributed by atoms with Crippen LogP contribution in [0.5, 0.6) is 0 Å². The molecular formula is C50H36N2O. The van der Waals surface area contributed by atoms with Crippen molar-refractivity contribution in [2.45, 2.75) is 20.3 Å². The molecule has 3 heteroatoms. The second kappa shape index (κ2) is 11.2. The Balaban J connectivity index is 1.14. The fraction of sp³-hybridized carbons (Fsp3) is 0.0800. The van der Waals surface area contributed by atoms with Crippen LogP contribution in [0.3, 0.4) is 0 Å². The van der Waals surface area contributed by atoms with Crippen molar-refractivity contribution in [3.63, 3.8) is 0 Å². The van der Waals surface area contributed by atoms with Crippen LogP contribution in [-0.4, -0.2) is 8.97 Å². The van der Waals surface area contributed by atoms with Gasteiger partial charge in [0.25, 0.3) is 0 Å². The summed E-state index contributed by atoms with van der Waals surface area (Å²) in [7, 11) is 0. The highest BCUT2D eigenvalue weighted by molar-refractivity contribution is 6.18. The average Bonchev–Trinajstić information content (AvgIpc) is 3.94. The first-order chi connectivity index (χ1) is 26.1. The molecule has 0 N–H and O–H groups in total. The number of rotatable bonds is 4. The smallest absolute Gasteiger partial charge is 0.142 e. The van der Waals surface area contributed by atoms with Crippen LogP contribution in [0.15, 0.2) is 151 Å². The molecule has 6 aromatic carbocycles. The molecule has 0 fully saturated rings. The quantitative estimate of drug-likeness (QED) is 0.181. The second-order valence-corrected chi connectivity index (χ2v) is 14.5. The van der Waals surface area contributed by atoms with E-state index >= 15 is 0 Å². The zero-order chi connectivity index (χ0) is 35.4. The third kappa shape index (κ3) is 4.16. The maximum atomic E-state index is 6.59. The van der Waals surface area contributed by atoms with E-state index in [0.29, 0.717) is 5.92 Å². The number of hydrogen-bond donors (Lipinski definition) is 0. The lowest BCUT2D eigenvalue weighted by molar-refractivity contribution is 0.573. The first-order valence-electron chi connectivity index (χ1n) is 18.6. The lowest BCUT2D eigenvalue weighted by Crippen LogP contribution is -2.23. The van der Waals surface area contributed by atoms with E-state index in [1.54, 1.807) is 0 Å². The van der Waals surface area contributed by atoms with Gasteiger partial charge in [-0.3, -0.25) is 0 Å². The molecule has 252 valence electrons. The molecule has 0 amide bonds. The number of hydrogen-bond acceptors (Lipinski definition) is 1. The van der Waals surface area contributed by atoms with E-state index in [2.05, 4.69) is 163 Å². The highest BCUT2D eigenvalue weighted by Crippen LogP contribution is 2.43. The fourth-order valence-corrected chi connectivity index (χ4v) is 9.24. The molecular weight excluding hydrogens is 645 g/mol. The lowest BCUT2D eigenvalue weighted by atomic mass is 9.91. The van der Waals surface area contributed by atoms with Crippen molar-refractivity contribution in [3.05, 3.63) is 174 Å². The van der Waals surface area contributed by atoms with E-state index in [1.807, 2.05) is 18.2 Å². The summed E-state index contributed by atoms with van der Waals surface area (Å²) in [4.78, 5) is 0. The topological polar surface area (TPSA) is 22.5 Å². The van der Waals surface area contributed by atoms with Gasteiger partial charge < -0.3 is 13.4 Å². The zero-order valence-corrected chi connectivity index (χ0v) is 29.7. The summed E-state index contributed by atoms with van der Waals surface area (Å²) >= 11 is 0. The summed E-state index contributed by atoms with van der Waals surface area (Å²) in [5.74, 6) is 0.524. The Labute approximate surface area is 306 Å². The highest BCUT2D eigenvalue weighted by Gasteiger charge is 2.24. The van der Waals surface area contributed by atoms with Crippen LogP contribution >= 0.6 is 0 Å². The van der Waals surface area contributed by atoms with Crippen molar-refractivity contribution in [3.8, 4) is 16.8 Å². The van der Waals surface area contributed by atoms with E-state index in [4.69, 9.17) is 4.42 Å². The van der Waals surface area contributed by atoms with E-state index in [1.165, 1.54) is 65.9 Å². The monoisotopic (exact) mass is 680 g/mol. The molecule has 4 heterocycles. The second-order valence-electron chi connectivity index (χ2n) is 14.5. The van der Waals surface area contributed by atoms with Gasteiger partial charge in [-0.1, -0.05) is 117 Å². The minimum atomic E-state index is 0.524. The van der Waals surface area contributed by atoms with Gasteiger partial charge in [0.15, 0.2) is 0 Å². The maximum absolute atomic E-state index is 6.59. The molecule has 0 saturated carbocycles. The van der Waals surface area contributed by atoms with Crippen LogP contribution in [0.2, 0.25) is 0 Å². The van der Waals surface area contributed by atoms with Crippen LogP contribution in [0.1, 0.15) is 30.7 Å². The Bertz CT molecular complexity index is 3290. The third-order valence-electron chi connectivity index (χ3n) is 11.6. The molecule has 0 radical (unpaired) electrons. The molecule has 53 heavy (non-hydrogen) atoms. The number of aromatic nitrogens is 2. The molecule has 1 aliphatic rings. The Kier molecular flexibility index (Phi) is 6.36. The highest BCUT2D eigenvalue weighted by atomic mass is 16.3. The Morgan fingerprint density at radius 2 is 1.40 bits per heavy atom. The average molecular weight is 681 g/mol. The SMILES string of the molecule is C=C/C(c1cccc2c3ccccc3n(-c3ccc(-c4cc5c6c(n7c8ccccc8c(c4)c57)C=CC(C)C6)cc3)c12)=c1/oc2ccccc2/c1=C/C. The Morgan fingerprint density at radius 1 is 0.698 bits per heavy atom. The molecule has 4 aromatic heterocycles. The van der Waals surface area contributed by atoms with Gasteiger partial charge in [0.2, 0.25) is 0 Å². The summed E-state index contributed by atoms with van der Waals surface area (Å²) in [5, 5.41) is 8.61. The van der Waals surface area contributed by atoms with Gasteiger partial charge in [-0.25, -0.2) is 0 Å². The van der Waals surface area contributed by atoms with E-state index < -0.39 is 0 Å². The number of para-hydroxylation sites is 4. The first-order valence-corrected chi connectivity index (χ1v) is 18.6. The number of fused-ring (bicyclic) bond motifs is 10. The van der Waals surface area contributed by atoms with Gasteiger partial charge in [0, 0.05) is 60.1 Å². The first kappa shape index (κ1) is 30.1. The molecule has 0 aliphatic heterocycles. The van der Waals surface area contributed by atoms with Crippen LogP contribution in [-0.2, 0) is 6.42 Å². The van der Waals surface area contributed by atoms with Gasteiger partial charge in [-0.2, -0.15) is 0 Å². The molecule has 1 unspecified atom stereocenters. The van der Waals surface area contributed by atoms with E-state index in [9.17, 15) is 0 Å². The summed E-state index contributed by atoms with van der Waals surface area (Å²) in [6.45, 7) is 8.72. The Hall–Kier alpha value is -6.58. The van der Waals surface area contributed by atoms with Crippen molar-refractivity contribution in [1.82, 2.24) is 8.97 Å². The van der Waals surface area contributed by atoms with Gasteiger partial charge >= 0.3 is 0 Å². The van der Waals surface area contributed by atoms with Gasteiger partial charge in [0.05, 0.1) is 22.1 Å². The molecule has 10 aromatic rings. The third-order valence-corrected chi connectivity index (χ3v) is 11.6. The predicted octanol–water partition coefficient (Wildman–Crippen LogP) is 11.6. The van der Waals surface area contributed by atoms with Gasteiger partial charge in [-0.15, -0.1) is 0 Å². The minimum Gasteiger partial charge on any atom is -0.455 e. The van der Waals surface area contributed by atoms with Crippen molar-refractivity contribution in [2.75, 3.05) is 0 Å². The number of furan rings is 1. The Morgan fingerprint density at radius 3 is 2.19 bits per heavy atom. The molecule has 3 nitrogen and oxygen atoms in total. The largest absolute Gasteiger partial charge is 0.455 e. The maximum Gasteiger partial charge on any atom is 0.142 e. The van der Waals surface area contributed by atoms with Gasteiger partial charge in [-0.05, 0) is 84.5 Å². The van der Waals surface area contributed by atoms with Crippen molar-refractivity contribution >= 4 is 77.7 Å². The van der Waals surface area contributed by atoms with Crippen molar-refractivity contribution in [2.24, 2.45) is 5.92 Å². The summed E-state index contributed by atoms with van der Waals surface area (Å²) in [5.41, 5.74) is 15.1. The number of allylic oxidation sites excluding steroid dienone is 2. The molecule has 11 rings (SSSR count). The molecule has 1 aliphatic carbocycles. The van der Waals surface area contributed by atoms with Gasteiger partial charge in [0.1, 0.15) is 11.0 Å². The predicted molar refractivity (Wildman–Crippen MR) is 224 cm³/mol. The molecule has 0 spiro atoms. The zero-order valence-electron chi connectivity index (χ0n) is 29.7. The standard InChI is InChI=1S/C50H36N2O/c1-4-34-38-15-8-11-20-47(38)53-50(34)35(5-2)39-16-12-17-40-36-13-6-9-18-44(36)51(48(39)40)33-24-22-31(23-25-33)32-28-42-37-14-7-10-19-45(37)52-46-26-21-30(3)27-41(46)43(29-32)49(42)52/h4-26,28-30H,2,27H2,1,3H3/b34-4-,50-35-. The van der Waals surface area contributed by atoms with E-state index in [0.717, 1.165) is 50.4 Å². The minimum absolute atomic E-state index is 0.524. The molecule has 1 atom stereocenters. The normalized spacial score (nSPS) is 15.5. The fourth-order valence-electron chi connectivity index (χ4n) is 9.24. The summed E-state index contributed by atoms with van der Waals surface area (Å²) in [6, 6.07) is 46.4. The summed E-state index contributed by atoms with van der Waals surface area (Å²) in [6.07, 6.45) is 9.85. The van der Waals surface area contributed by atoms with E-state index in [-0.39, 0.29) is 0 Å².